The number of morpholine rings is 1. The number of carbonyl (C=O) groups excluding carboxylic acids is 2. The molecule has 172 valence electrons. The summed E-state index contributed by atoms with van der Waals surface area (Å²) >= 11 is 0. The summed E-state index contributed by atoms with van der Waals surface area (Å²) < 4.78 is 32.1. The molecule has 0 aliphatic carbocycles. The van der Waals surface area contributed by atoms with E-state index in [1.54, 1.807) is 17.0 Å². The molecule has 2 fully saturated rings. The van der Waals surface area contributed by atoms with Crippen LogP contribution in [0.2, 0.25) is 0 Å². The topological polar surface area (TPSA) is 99.3 Å². The van der Waals surface area contributed by atoms with Crippen LogP contribution >= 0.6 is 0 Å². The van der Waals surface area contributed by atoms with Crippen molar-refractivity contribution in [2.45, 2.75) is 24.7 Å². The highest BCUT2D eigenvalue weighted by Crippen LogP contribution is 2.18. The van der Waals surface area contributed by atoms with Crippen LogP contribution in [0.3, 0.4) is 0 Å². The van der Waals surface area contributed by atoms with Crippen LogP contribution in [0.25, 0.3) is 0 Å². The van der Waals surface area contributed by atoms with Crippen molar-refractivity contribution in [3.8, 4) is 0 Å². The molecule has 0 atom stereocenters. The van der Waals surface area contributed by atoms with Gasteiger partial charge in [0.2, 0.25) is 15.9 Å². The van der Waals surface area contributed by atoms with Crippen molar-refractivity contribution >= 4 is 21.8 Å². The maximum atomic E-state index is 12.8. The van der Waals surface area contributed by atoms with E-state index in [1.807, 2.05) is 4.90 Å². The molecule has 2 aliphatic heterocycles. The lowest BCUT2D eigenvalue weighted by Crippen LogP contribution is -2.51. The molecule has 9 nitrogen and oxygen atoms in total. The summed E-state index contributed by atoms with van der Waals surface area (Å²) in [4.78, 5) is 28.8. The SMILES string of the molecule is CCCCNC(=O)CN1CCN(C(=O)c2ccc(S(=O)(=O)N3CCOCC3)cc2)CC1. The van der Waals surface area contributed by atoms with E-state index in [1.165, 1.54) is 16.4 Å². The summed E-state index contributed by atoms with van der Waals surface area (Å²) in [6, 6.07) is 6.14. The summed E-state index contributed by atoms with van der Waals surface area (Å²) in [6.45, 7) is 6.93. The fraction of sp³-hybridized carbons (Fsp3) is 0.619. The lowest BCUT2D eigenvalue weighted by molar-refractivity contribution is -0.122. The molecule has 1 aromatic rings. The van der Waals surface area contributed by atoms with E-state index in [2.05, 4.69) is 12.2 Å². The minimum absolute atomic E-state index is 0.0188. The van der Waals surface area contributed by atoms with Crippen LogP contribution in [0.4, 0.5) is 0 Å². The number of rotatable bonds is 8. The number of unbranched alkanes of at least 4 members (excludes halogenated alkanes) is 1. The highest BCUT2D eigenvalue weighted by Gasteiger charge is 2.27. The second kappa shape index (κ2) is 11.0. The van der Waals surface area contributed by atoms with Crippen LogP contribution < -0.4 is 5.32 Å². The first-order chi connectivity index (χ1) is 14.9. The maximum absolute atomic E-state index is 12.8. The molecule has 0 radical (unpaired) electrons. The van der Waals surface area contributed by atoms with Crippen molar-refractivity contribution in [2.24, 2.45) is 0 Å². The first-order valence-corrected chi connectivity index (χ1v) is 12.3. The van der Waals surface area contributed by atoms with E-state index in [4.69, 9.17) is 4.74 Å². The van der Waals surface area contributed by atoms with Crippen LogP contribution in [-0.4, -0.2) is 99.9 Å². The highest BCUT2D eigenvalue weighted by molar-refractivity contribution is 7.89. The molecule has 2 heterocycles. The second-order valence-electron chi connectivity index (χ2n) is 7.81. The fourth-order valence-corrected chi connectivity index (χ4v) is 5.07. The number of piperazine rings is 1. The largest absolute Gasteiger partial charge is 0.379 e. The van der Waals surface area contributed by atoms with E-state index >= 15 is 0 Å². The third-order valence-corrected chi connectivity index (χ3v) is 7.50. The van der Waals surface area contributed by atoms with Crippen molar-refractivity contribution in [3.63, 3.8) is 0 Å². The second-order valence-corrected chi connectivity index (χ2v) is 9.75. The van der Waals surface area contributed by atoms with Gasteiger partial charge in [0.05, 0.1) is 24.7 Å². The standard InChI is InChI=1S/C21H32N4O5S/c1-2-3-8-22-20(26)17-23-9-11-24(12-10-23)21(27)18-4-6-19(7-5-18)31(28,29)25-13-15-30-16-14-25/h4-7H,2-3,8-17H2,1H3,(H,22,26). The molecule has 2 aliphatic rings. The number of ether oxygens (including phenoxy) is 1. The van der Waals surface area contributed by atoms with Gasteiger partial charge in [0, 0.05) is 51.4 Å². The lowest BCUT2D eigenvalue weighted by Gasteiger charge is -2.34. The van der Waals surface area contributed by atoms with Crippen LogP contribution in [0, 0.1) is 0 Å². The van der Waals surface area contributed by atoms with Gasteiger partial charge in [-0.2, -0.15) is 4.31 Å². The van der Waals surface area contributed by atoms with Crippen molar-refractivity contribution in [3.05, 3.63) is 29.8 Å². The quantitative estimate of drug-likeness (QED) is 0.573. The number of hydrogen-bond donors (Lipinski definition) is 1. The van der Waals surface area contributed by atoms with Gasteiger partial charge in [0.25, 0.3) is 5.91 Å². The molecule has 1 N–H and O–H groups in total. The maximum Gasteiger partial charge on any atom is 0.253 e. The minimum atomic E-state index is -3.57. The number of nitrogens with zero attached hydrogens (tertiary/aromatic N) is 3. The van der Waals surface area contributed by atoms with E-state index < -0.39 is 10.0 Å². The molecule has 0 unspecified atom stereocenters. The number of benzene rings is 1. The van der Waals surface area contributed by atoms with Crippen LogP contribution in [0.1, 0.15) is 30.1 Å². The monoisotopic (exact) mass is 452 g/mol. The molecule has 0 aromatic heterocycles. The smallest absolute Gasteiger partial charge is 0.253 e. The summed E-state index contributed by atoms with van der Waals surface area (Å²) in [5, 5.41) is 2.91. The average molecular weight is 453 g/mol. The summed E-state index contributed by atoms with van der Waals surface area (Å²) in [7, 11) is -3.57. The van der Waals surface area contributed by atoms with Crippen molar-refractivity contribution in [2.75, 3.05) is 65.6 Å². The van der Waals surface area contributed by atoms with Gasteiger partial charge in [-0.15, -0.1) is 0 Å². The third-order valence-electron chi connectivity index (χ3n) is 5.59. The van der Waals surface area contributed by atoms with E-state index in [0.717, 1.165) is 12.8 Å². The number of amides is 2. The molecule has 2 saturated heterocycles. The average Bonchev–Trinajstić information content (AvgIpc) is 2.80. The van der Waals surface area contributed by atoms with Gasteiger partial charge in [0.1, 0.15) is 0 Å². The van der Waals surface area contributed by atoms with Crippen LogP contribution in [-0.2, 0) is 19.6 Å². The molecule has 0 spiro atoms. The molecule has 31 heavy (non-hydrogen) atoms. The number of sulfonamides is 1. The van der Waals surface area contributed by atoms with Gasteiger partial charge in [-0.25, -0.2) is 8.42 Å². The van der Waals surface area contributed by atoms with Crippen LogP contribution in [0.5, 0.6) is 0 Å². The van der Waals surface area contributed by atoms with Gasteiger partial charge >= 0.3 is 0 Å². The molecular formula is C21H32N4O5S. The normalized spacial score (nSPS) is 18.7. The fourth-order valence-electron chi connectivity index (χ4n) is 3.66. The molecule has 0 bridgehead atoms. The Morgan fingerprint density at radius 1 is 1.00 bits per heavy atom. The zero-order valence-electron chi connectivity index (χ0n) is 18.1. The van der Waals surface area contributed by atoms with Gasteiger partial charge in [-0.3, -0.25) is 14.5 Å². The van der Waals surface area contributed by atoms with Crippen LogP contribution in [0.15, 0.2) is 29.2 Å². The molecule has 3 rings (SSSR count). The lowest BCUT2D eigenvalue weighted by atomic mass is 10.2. The van der Waals surface area contributed by atoms with E-state index in [0.29, 0.717) is 71.1 Å². The number of nitrogens with one attached hydrogen (secondary N) is 1. The molecular weight excluding hydrogens is 420 g/mol. The Balaban J connectivity index is 1.51. The predicted octanol–water partition coefficient (Wildman–Crippen LogP) is 0.382. The summed E-state index contributed by atoms with van der Waals surface area (Å²) in [6.07, 6.45) is 2.02. The minimum Gasteiger partial charge on any atom is -0.379 e. The van der Waals surface area contributed by atoms with E-state index in [-0.39, 0.29) is 16.7 Å². The van der Waals surface area contributed by atoms with E-state index in [9.17, 15) is 18.0 Å². The Kier molecular flexibility index (Phi) is 8.42. The first kappa shape index (κ1) is 23.6. The van der Waals surface area contributed by atoms with Crippen molar-refractivity contribution in [1.82, 2.24) is 19.4 Å². The Bertz CT molecular complexity index is 845. The Labute approximate surface area is 184 Å². The number of hydrogen-bond acceptors (Lipinski definition) is 6. The molecule has 0 saturated carbocycles. The molecule has 2 amide bonds. The third kappa shape index (κ3) is 6.25. The van der Waals surface area contributed by atoms with Gasteiger partial charge < -0.3 is 15.0 Å². The Hall–Kier alpha value is -2.01. The zero-order chi connectivity index (χ0) is 22.3. The van der Waals surface area contributed by atoms with Gasteiger partial charge in [0.15, 0.2) is 0 Å². The highest BCUT2D eigenvalue weighted by atomic mass is 32.2. The zero-order valence-corrected chi connectivity index (χ0v) is 18.9. The Morgan fingerprint density at radius 3 is 2.26 bits per heavy atom. The van der Waals surface area contributed by atoms with Crippen molar-refractivity contribution < 1.29 is 22.7 Å². The van der Waals surface area contributed by atoms with Crippen molar-refractivity contribution in [1.29, 1.82) is 0 Å². The van der Waals surface area contributed by atoms with Gasteiger partial charge in [-0.1, -0.05) is 13.3 Å². The number of carbonyl (C=O) groups is 2. The van der Waals surface area contributed by atoms with Gasteiger partial charge in [-0.05, 0) is 30.7 Å². The first-order valence-electron chi connectivity index (χ1n) is 10.9. The molecule has 10 heteroatoms. The Morgan fingerprint density at radius 2 is 1.65 bits per heavy atom. The predicted molar refractivity (Wildman–Crippen MR) is 116 cm³/mol. The molecule has 1 aromatic carbocycles. The summed E-state index contributed by atoms with van der Waals surface area (Å²) in [5.41, 5.74) is 0.465. The summed E-state index contributed by atoms with van der Waals surface area (Å²) in [5.74, 6) is -0.104.